The van der Waals surface area contributed by atoms with Crippen molar-refractivity contribution in [1.82, 2.24) is 0 Å². The van der Waals surface area contributed by atoms with Crippen LogP contribution in [-0.4, -0.2) is 14.2 Å². The second-order valence-corrected chi connectivity index (χ2v) is 5.65. The van der Waals surface area contributed by atoms with Crippen LogP contribution in [0.15, 0.2) is 24.3 Å². The first-order chi connectivity index (χ1) is 6.49. The van der Waals surface area contributed by atoms with E-state index in [0.29, 0.717) is 10.6 Å². The van der Waals surface area contributed by atoms with Crippen molar-refractivity contribution in [2.45, 2.75) is 0 Å². The van der Waals surface area contributed by atoms with Gasteiger partial charge in [0.2, 0.25) is 9.05 Å². The van der Waals surface area contributed by atoms with Crippen LogP contribution >= 0.6 is 22.3 Å². The zero-order chi connectivity index (χ0) is 10.6. The molecule has 0 fully saturated rings. The summed E-state index contributed by atoms with van der Waals surface area (Å²) in [5, 5.41) is 0.493. The molecule has 0 aliphatic carbocycles. The van der Waals surface area contributed by atoms with E-state index in [1.54, 1.807) is 24.3 Å². The van der Waals surface area contributed by atoms with Gasteiger partial charge in [0.15, 0.2) is 0 Å². The molecule has 0 heterocycles. The first-order valence-corrected chi connectivity index (χ1v) is 6.50. The molecular formula is C9H6Cl2O2S. The van der Waals surface area contributed by atoms with Crippen molar-refractivity contribution in [3.63, 3.8) is 0 Å². The third-order valence-electron chi connectivity index (χ3n) is 1.34. The van der Waals surface area contributed by atoms with E-state index in [0.717, 1.165) is 0 Å². The van der Waals surface area contributed by atoms with Gasteiger partial charge >= 0.3 is 0 Å². The van der Waals surface area contributed by atoms with Crippen LogP contribution in [0.4, 0.5) is 0 Å². The van der Waals surface area contributed by atoms with Crippen LogP contribution in [0.1, 0.15) is 5.56 Å². The quantitative estimate of drug-likeness (QED) is 0.565. The largest absolute Gasteiger partial charge is 0.243 e. The molecule has 0 radical (unpaired) electrons. The lowest BCUT2D eigenvalue weighted by atomic mass is 10.2. The lowest BCUT2D eigenvalue weighted by Gasteiger charge is -1.92. The molecule has 0 saturated carbocycles. The molecule has 2 nitrogen and oxygen atoms in total. The number of halogens is 2. The van der Waals surface area contributed by atoms with Crippen molar-refractivity contribution in [3.8, 4) is 11.8 Å². The Morgan fingerprint density at radius 3 is 2.50 bits per heavy atom. The Labute approximate surface area is 92.3 Å². The maximum atomic E-state index is 10.5. The second kappa shape index (κ2) is 4.70. The molecule has 0 aromatic heterocycles. The van der Waals surface area contributed by atoms with Gasteiger partial charge in [-0.3, -0.25) is 0 Å². The molecule has 14 heavy (non-hydrogen) atoms. The van der Waals surface area contributed by atoms with Gasteiger partial charge in [-0.05, 0) is 12.1 Å². The topological polar surface area (TPSA) is 34.1 Å². The van der Waals surface area contributed by atoms with Gasteiger partial charge in [0.25, 0.3) is 0 Å². The molecule has 1 aromatic rings. The third kappa shape index (κ3) is 4.01. The average molecular weight is 249 g/mol. The molecule has 0 amide bonds. The summed E-state index contributed by atoms with van der Waals surface area (Å²) in [6.07, 6.45) is 0. The molecule has 1 aromatic carbocycles. The van der Waals surface area contributed by atoms with Crippen LogP contribution in [0.25, 0.3) is 0 Å². The average Bonchev–Trinajstić information content (AvgIpc) is 2.06. The summed E-state index contributed by atoms with van der Waals surface area (Å²) in [7, 11) is 1.42. The molecule has 0 N–H and O–H groups in total. The highest BCUT2D eigenvalue weighted by molar-refractivity contribution is 8.13. The van der Waals surface area contributed by atoms with E-state index < -0.39 is 9.05 Å². The summed E-state index contributed by atoms with van der Waals surface area (Å²) in [5.41, 5.74) is 0.592. The highest BCUT2D eigenvalue weighted by Gasteiger charge is 2.00. The minimum absolute atomic E-state index is 0.375. The maximum absolute atomic E-state index is 10.5. The van der Waals surface area contributed by atoms with Gasteiger partial charge in [0.1, 0.15) is 5.75 Å². The fourth-order valence-corrected chi connectivity index (χ4v) is 1.37. The monoisotopic (exact) mass is 248 g/mol. The van der Waals surface area contributed by atoms with Crippen LogP contribution in [0.5, 0.6) is 0 Å². The summed E-state index contributed by atoms with van der Waals surface area (Å²) < 4.78 is 21.1. The van der Waals surface area contributed by atoms with Crippen LogP contribution < -0.4 is 0 Å². The van der Waals surface area contributed by atoms with Crippen molar-refractivity contribution in [1.29, 1.82) is 0 Å². The van der Waals surface area contributed by atoms with E-state index in [9.17, 15) is 8.42 Å². The van der Waals surface area contributed by atoms with Gasteiger partial charge in [-0.25, -0.2) is 8.42 Å². The van der Waals surface area contributed by atoms with Gasteiger partial charge in [-0.2, -0.15) is 0 Å². The van der Waals surface area contributed by atoms with Crippen LogP contribution in [-0.2, 0) is 9.05 Å². The van der Waals surface area contributed by atoms with Crippen LogP contribution in [0, 0.1) is 11.8 Å². The molecule has 5 heteroatoms. The van der Waals surface area contributed by atoms with Crippen molar-refractivity contribution in [2.24, 2.45) is 0 Å². The Morgan fingerprint density at radius 2 is 1.93 bits per heavy atom. The number of hydrogen-bond acceptors (Lipinski definition) is 2. The highest BCUT2D eigenvalue weighted by atomic mass is 35.7. The minimum Gasteiger partial charge on any atom is -0.211 e. The van der Waals surface area contributed by atoms with E-state index in [1.807, 2.05) is 0 Å². The Bertz CT molecular complexity index is 483. The number of rotatable bonds is 1. The fourth-order valence-electron chi connectivity index (χ4n) is 0.780. The van der Waals surface area contributed by atoms with E-state index in [4.69, 9.17) is 22.3 Å². The Kier molecular flexibility index (Phi) is 3.82. The zero-order valence-electron chi connectivity index (χ0n) is 7.00. The molecule has 0 bridgehead atoms. The smallest absolute Gasteiger partial charge is 0.211 e. The summed E-state index contributed by atoms with van der Waals surface area (Å²) >= 11 is 5.79. The van der Waals surface area contributed by atoms with Gasteiger partial charge in [-0.15, -0.1) is 0 Å². The molecule has 0 unspecified atom stereocenters. The number of hydrogen-bond donors (Lipinski definition) is 0. The van der Waals surface area contributed by atoms with E-state index in [2.05, 4.69) is 11.8 Å². The van der Waals surface area contributed by atoms with E-state index in [-0.39, 0.29) is 5.75 Å². The van der Waals surface area contributed by atoms with Gasteiger partial charge in [0.05, 0.1) is 5.02 Å². The molecule has 74 valence electrons. The summed E-state index contributed by atoms with van der Waals surface area (Å²) in [5.74, 6) is 4.68. The SMILES string of the molecule is O=S(=O)(Cl)CC#Cc1ccccc1Cl. The lowest BCUT2D eigenvalue weighted by molar-refractivity contribution is 0.612. The van der Waals surface area contributed by atoms with E-state index in [1.165, 1.54) is 0 Å². The summed E-state index contributed by atoms with van der Waals surface area (Å²) in [6.45, 7) is 0. The first kappa shape index (κ1) is 11.4. The third-order valence-corrected chi connectivity index (χ3v) is 2.49. The van der Waals surface area contributed by atoms with E-state index >= 15 is 0 Å². The van der Waals surface area contributed by atoms with Crippen LogP contribution in [0.2, 0.25) is 5.02 Å². The molecule has 0 aliphatic rings. The van der Waals surface area contributed by atoms with Crippen molar-refractivity contribution in [2.75, 3.05) is 5.75 Å². The summed E-state index contributed by atoms with van der Waals surface area (Å²) in [4.78, 5) is 0. The zero-order valence-corrected chi connectivity index (χ0v) is 9.33. The normalized spacial score (nSPS) is 10.4. The Balaban J connectivity index is 2.84. The summed E-state index contributed by atoms with van der Waals surface area (Å²) in [6, 6.07) is 6.92. The predicted octanol–water partition coefficient (Wildman–Crippen LogP) is 2.26. The van der Waals surface area contributed by atoms with Crippen molar-refractivity contribution in [3.05, 3.63) is 34.9 Å². The molecule has 0 saturated heterocycles. The second-order valence-electron chi connectivity index (χ2n) is 2.46. The Hall–Kier alpha value is -0.690. The fraction of sp³-hybridized carbons (Fsp3) is 0.111. The minimum atomic E-state index is -3.55. The first-order valence-electron chi connectivity index (χ1n) is 3.65. The molecule has 0 aliphatic heterocycles. The highest BCUT2D eigenvalue weighted by Crippen LogP contribution is 2.12. The van der Waals surface area contributed by atoms with Gasteiger partial charge in [0, 0.05) is 16.2 Å². The molecule has 0 atom stereocenters. The van der Waals surface area contributed by atoms with Gasteiger partial charge < -0.3 is 0 Å². The van der Waals surface area contributed by atoms with Crippen molar-refractivity contribution >= 4 is 31.3 Å². The lowest BCUT2D eigenvalue weighted by Crippen LogP contribution is -1.92. The number of benzene rings is 1. The Morgan fingerprint density at radius 1 is 1.29 bits per heavy atom. The predicted molar refractivity (Wildman–Crippen MR) is 58.0 cm³/mol. The van der Waals surface area contributed by atoms with Crippen LogP contribution in [0.3, 0.4) is 0 Å². The van der Waals surface area contributed by atoms with Gasteiger partial charge in [-0.1, -0.05) is 35.6 Å². The molecule has 0 spiro atoms. The maximum Gasteiger partial charge on any atom is 0.243 e. The molecule has 1 rings (SSSR count). The standard InChI is InChI=1S/C9H6Cl2O2S/c10-9-6-2-1-4-8(9)5-3-7-14(11,12)13/h1-2,4,6H,7H2. The molecular weight excluding hydrogens is 243 g/mol. The van der Waals surface area contributed by atoms with Crippen molar-refractivity contribution < 1.29 is 8.42 Å².